The minimum absolute atomic E-state index is 0. The second-order valence-corrected chi connectivity index (χ2v) is 5.18. The number of carboxylic acids is 2. The minimum Gasteiger partial charge on any atom is -0.542 e. The third-order valence-corrected chi connectivity index (χ3v) is 3.22. The van der Waals surface area contributed by atoms with Crippen molar-refractivity contribution < 1.29 is 39.5 Å². The van der Waals surface area contributed by atoms with Crippen molar-refractivity contribution >= 4 is 34.2 Å². The van der Waals surface area contributed by atoms with Gasteiger partial charge in [0, 0.05) is 0 Å². The Morgan fingerprint density at radius 1 is 0.724 bits per heavy atom. The summed E-state index contributed by atoms with van der Waals surface area (Å²) in [6.45, 7) is 0. The molecule has 0 amide bonds. The quantitative estimate of drug-likeness (QED) is 0.392. The Morgan fingerprint density at radius 2 is 1.00 bits per heavy atom. The van der Waals surface area contributed by atoms with Crippen LogP contribution in [-0.2, 0) is 19.1 Å². The van der Waals surface area contributed by atoms with Gasteiger partial charge >= 0.3 is 10.1 Å². The topological polar surface area (TPSA) is 139 Å². The van der Waals surface area contributed by atoms with E-state index < -0.39 is 11.9 Å². The molecule has 0 radical (unpaired) electrons. The Hall–Kier alpha value is -3.77. The minimum atomic E-state index is -1.37. The summed E-state index contributed by atoms with van der Waals surface area (Å²) in [6.07, 6.45) is 2.63. The van der Waals surface area contributed by atoms with Crippen molar-refractivity contribution in [3.8, 4) is 11.5 Å². The van der Waals surface area contributed by atoms with Gasteiger partial charge in [-0.15, -0.1) is 0 Å². The van der Waals surface area contributed by atoms with Gasteiger partial charge in [-0.3, -0.25) is 0 Å². The number of methoxy groups -OCH3 is 2. The maximum atomic E-state index is 10.4. The van der Waals surface area contributed by atoms with E-state index in [2.05, 4.69) is 9.47 Å². The second-order valence-electron chi connectivity index (χ2n) is 5.18. The number of phenolic OH excluding ortho intramolecular Hbond substituents is 2. The smallest absolute Gasteiger partial charge is 0.542 e. The van der Waals surface area contributed by atoms with Crippen LogP contribution in [0.15, 0.2) is 60.0 Å². The summed E-state index contributed by atoms with van der Waals surface area (Å²) < 4.78 is 9.16. The number of aliphatic carboxylic acids is 2. The maximum Gasteiger partial charge on any atom is 2.00 e. The van der Waals surface area contributed by atoms with Crippen LogP contribution in [0.1, 0.15) is 11.1 Å². The molecule has 2 aromatic carbocycles. The SMILES string of the molecule is COC(=Cc1ccc(O)cc1)C(=O)[O-].COC(=Cc1ccc(O)cc1)C(=O)[O-].[Be+2]. The van der Waals surface area contributed by atoms with Crippen LogP contribution in [0.4, 0.5) is 0 Å². The molecule has 0 saturated heterocycles. The van der Waals surface area contributed by atoms with Gasteiger partial charge in [0.25, 0.3) is 0 Å². The van der Waals surface area contributed by atoms with Crippen LogP contribution in [0.2, 0.25) is 0 Å². The summed E-state index contributed by atoms with van der Waals surface area (Å²) in [5, 5.41) is 38.8. The van der Waals surface area contributed by atoms with Gasteiger partial charge in [0.15, 0.2) is 0 Å². The molecule has 0 aliphatic heterocycles. The third-order valence-electron chi connectivity index (χ3n) is 3.22. The Bertz CT molecular complexity index is 782. The van der Waals surface area contributed by atoms with Crippen LogP contribution < -0.4 is 10.2 Å². The van der Waals surface area contributed by atoms with Gasteiger partial charge < -0.3 is 39.5 Å². The van der Waals surface area contributed by atoms with E-state index in [-0.39, 0.29) is 33.1 Å². The molecule has 0 aliphatic rings. The van der Waals surface area contributed by atoms with E-state index in [0.717, 1.165) is 0 Å². The zero-order valence-corrected chi connectivity index (χ0v) is 15.8. The summed E-state index contributed by atoms with van der Waals surface area (Å²) in [5.74, 6) is -3.02. The summed E-state index contributed by atoms with van der Waals surface area (Å²) in [6, 6.07) is 12.1. The van der Waals surface area contributed by atoms with Crippen molar-refractivity contribution in [2.75, 3.05) is 14.2 Å². The predicted octanol–water partition coefficient (Wildman–Crippen LogP) is -0.122. The number of hydrogen-bond donors (Lipinski definition) is 2. The van der Waals surface area contributed by atoms with Gasteiger partial charge in [-0.2, -0.15) is 0 Å². The van der Waals surface area contributed by atoms with Crippen molar-refractivity contribution in [3.63, 3.8) is 0 Å². The first-order chi connectivity index (χ1) is 13.3. The Kier molecular flexibility index (Phi) is 10.9. The molecule has 2 rings (SSSR count). The number of hydrogen-bond acceptors (Lipinski definition) is 8. The zero-order chi connectivity index (χ0) is 21.1. The molecule has 0 atom stereocenters. The largest absolute Gasteiger partial charge is 2.00 e. The summed E-state index contributed by atoms with van der Waals surface area (Å²) in [7, 11) is 2.50. The van der Waals surface area contributed by atoms with Crippen molar-refractivity contribution in [3.05, 3.63) is 71.2 Å². The molecule has 0 aliphatic carbocycles. The number of carbonyl (C=O) groups excluding carboxylic acids is 2. The van der Waals surface area contributed by atoms with Crippen molar-refractivity contribution in [1.82, 2.24) is 0 Å². The van der Waals surface area contributed by atoms with E-state index in [1.54, 1.807) is 24.3 Å². The average molecular weight is 395 g/mol. The van der Waals surface area contributed by atoms with Crippen LogP contribution >= 0.6 is 0 Å². The van der Waals surface area contributed by atoms with E-state index in [0.29, 0.717) is 11.1 Å². The summed E-state index contributed by atoms with van der Waals surface area (Å²) in [5.41, 5.74) is 1.23. The maximum absolute atomic E-state index is 10.4. The van der Waals surface area contributed by atoms with Crippen molar-refractivity contribution in [1.29, 1.82) is 0 Å². The standard InChI is InChI=1S/2C10H10O4.Be/c2*1-14-9(10(12)13)6-7-2-4-8(11)5-3-7;/h2*2-6,11H,1H3,(H,12,13);/q;;+2/p-2. The molecule has 2 N–H and O–H groups in total. The molecular weight excluding hydrogens is 377 g/mol. The van der Waals surface area contributed by atoms with Crippen LogP contribution in [0.5, 0.6) is 11.5 Å². The van der Waals surface area contributed by atoms with E-state index >= 15 is 0 Å². The molecule has 29 heavy (non-hydrogen) atoms. The first kappa shape index (κ1) is 25.2. The predicted molar refractivity (Wildman–Crippen MR) is 102 cm³/mol. The number of benzene rings is 2. The molecule has 9 heteroatoms. The molecule has 0 fully saturated rings. The van der Waals surface area contributed by atoms with E-state index in [4.69, 9.17) is 10.2 Å². The molecule has 0 aromatic heterocycles. The van der Waals surface area contributed by atoms with E-state index in [9.17, 15) is 19.8 Å². The van der Waals surface area contributed by atoms with Crippen LogP contribution in [-0.4, -0.2) is 46.5 Å². The Balaban J connectivity index is 0.000000523. The monoisotopic (exact) mass is 395 g/mol. The summed E-state index contributed by atoms with van der Waals surface area (Å²) in [4.78, 5) is 20.9. The fraction of sp³-hybridized carbons (Fsp3) is 0.100. The van der Waals surface area contributed by atoms with Crippen molar-refractivity contribution in [2.45, 2.75) is 0 Å². The van der Waals surface area contributed by atoms with Gasteiger partial charge in [0.1, 0.15) is 35.0 Å². The number of carboxylic acid groups (broad SMARTS) is 2. The normalized spacial score (nSPS) is 10.7. The Labute approximate surface area is 171 Å². The summed E-state index contributed by atoms with van der Waals surface area (Å²) >= 11 is 0. The third kappa shape index (κ3) is 9.12. The van der Waals surface area contributed by atoms with Crippen LogP contribution in [0, 0.1) is 0 Å². The number of aromatic hydroxyl groups is 2. The molecule has 0 saturated carbocycles. The second kappa shape index (κ2) is 12.6. The number of phenols is 2. The fourth-order valence-electron chi connectivity index (χ4n) is 1.85. The molecule has 8 nitrogen and oxygen atoms in total. The Morgan fingerprint density at radius 3 is 1.21 bits per heavy atom. The van der Waals surface area contributed by atoms with Crippen molar-refractivity contribution in [2.24, 2.45) is 0 Å². The molecule has 2 aromatic rings. The molecule has 0 unspecified atom stereocenters. The first-order valence-electron chi connectivity index (χ1n) is 7.79. The zero-order valence-electron chi connectivity index (χ0n) is 15.8. The van der Waals surface area contributed by atoms with Gasteiger partial charge in [-0.25, -0.2) is 0 Å². The molecule has 148 valence electrons. The van der Waals surface area contributed by atoms with E-state index in [1.807, 2.05) is 0 Å². The fourth-order valence-corrected chi connectivity index (χ4v) is 1.85. The average Bonchev–Trinajstić information content (AvgIpc) is 2.67. The van der Waals surface area contributed by atoms with Crippen LogP contribution in [0.3, 0.4) is 0 Å². The number of carbonyl (C=O) groups is 2. The molecule has 0 heterocycles. The number of ether oxygens (including phenoxy) is 2. The van der Waals surface area contributed by atoms with Gasteiger partial charge in [0.2, 0.25) is 0 Å². The number of rotatable bonds is 6. The van der Waals surface area contributed by atoms with Gasteiger partial charge in [-0.05, 0) is 47.5 Å². The van der Waals surface area contributed by atoms with Gasteiger partial charge in [0.05, 0.1) is 14.2 Å². The first-order valence-corrected chi connectivity index (χ1v) is 7.79. The van der Waals surface area contributed by atoms with E-state index in [1.165, 1.54) is 50.6 Å². The molecular formula is C20H18BeO8. The van der Waals surface area contributed by atoms with Gasteiger partial charge in [-0.1, -0.05) is 24.3 Å². The molecule has 0 bridgehead atoms. The molecule has 0 spiro atoms. The van der Waals surface area contributed by atoms with Crippen LogP contribution in [0.25, 0.3) is 12.2 Å².